The fraction of sp³-hybridized carbons (Fsp3) is 0.933. The second kappa shape index (κ2) is 7.38. The van der Waals surface area contributed by atoms with Gasteiger partial charge in [0, 0.05) is 25.8 Å². The van der Waals surface area contributed by atoms with Gasteiger partial charge in [-0.1, -0.05) is 19.8 Å². The van der Waals surface area contributed by atoms with Crippen molar-refractivity contribution >= 4 is 5.91 Å². The highest BCUT2D eigenvalue weighted by Crippen LogP contribution is 2.31. The van der Waals surface area contributed by atoms with Crippen molar-refractivity contribution in [3.8, 4) is 0 Å². The lowest BCUT2D eigenvalue weighted by Gasteiger charge is -2.35. The third kappa shape index (κ3) is 5.04. The molecule has 20 heavy (non-hydrogen) atoms. The summed E-state index contributed by atoms with van der Waals surface area (Å²) in [6.45, 7) is 4.45. The van der Waals surface area contributed by atoms with E-state index in [0.717, 1.165) is 45.3 Å². The summed E-state index contributed by atoms with van der Waals surface area (Å²) in [6, 6.07) is 0.246. The minimum Gasteiger partial charge on any atom is -0.389 e. The van der Waals surface area contributed by atoms with E-state index in [1.165, 1.54) is 6.42 Å². The summed E-state index contributed by atoms with van der Waals surface area (Å²) in [6.07, 6.45) is 5.74. The first-order valence-electron chi connectivity index (χ1n) is 7.88. The zero-order valence-electron chi connectivity index (χ0n) is 12.5. The van der Waals surface area contributed by atoms with E-state index in [4.69, 9.17) is 4.74 Å². The van der Waals surface area contributed by atoms with Crippen molar-refractivity contribution in [2.45, 2.75) is 57.1 Å². The van der Waals surface area contributed by atoms with Crippen LogP contribution in [0.1, 0.15) is 45.4 Å². The Bertz CT molecular complexity index is 318. The molecule has 0 aromatic rings. The molecule has 0 aromatic heterocycles. The first-order valence-corrected chi connectivity index (χ1v) is 7.88. The molecule has 2 rings (SSSR count). The lowest BCUT2D eigenvalue weighted by molar-refractivity contribution is -0.121. The molecular formula is C15H28N2O3. The van der Waals surface area contributed by atoms with Gasteiger partial charge in [0.1, 0.15) is 0 Å². The van der Waals surface area contributed by atoms with Gasteiger partial charge < -0.3 is 20.5 Å². The smallest absolute Gasteiger partial charge is 0.234 e. The van der Waals surface area contributed by atoms with Gasteiger partial charge in [-0.25, -0.2) is 0 Å². The molecule has 5 nitrogen and oxygen atoms in total. The standard InChI is InChI=1S/C15H28N2O3/c1-12-3-2-6-15(19,9-12)11-16-10-14(18)17-13-4-7-20-8-5-13/h12-13,16,19H,2-11H2,1H3,(H,17,18). The number of carbonyl (C=O) groups is 1. The predicted molar refractivity (Wildman–Crippen MR) is 77.4 cm³/mol. The van der Waals surface area contributed by atoms with E-state index in [1.54, 1.807) is 0 Å². The van der Waals surface area contributed by atoms with E-state index < -0.39 is 5.60 Å². The van der Waals surface area contributed by atoms with Crippen molar-refractivity contribution in [1.82, 2.24) is 10.6 Å². The van der Waals surface area contributed by atoms with Crippen molar-refractivity contribution in [2.75, 3.05) is 26.3 Å². The monoisotopic (exact) mass is 284 g/mol. The van der Waals surface area contributed by atoms with Crippen LogP contribution in [0, 0.1) is 5.92 Å². The van der Waals surface area contributed by atoms with Gasteiger partial charge in [-0.05, 0) is 31.6 Å². The number of amides is 1. The van der Waals surface area contributed by atoms with Crippen molar-refractivity contribution in [2.24, 2.45) is 5.92 Å². The molecule has 5 heteroatoms. The van der Waals surface area contributed by atoms with Gasteiger partial charge in [0.05, 0.1) is 12.1 Å². The first kappa shape index (κ1) is 15.7. The maximum Gasteiger partial charge on any atom is 0.234 e. The molecule has 0 spiro atoms. The van der Waals surface area contributed by atoms with Crippen LogP contribution < -0.4 is 10.6 Å². The number of carbonyl (C=O) groups excluding carboxylic acids is 1. The van der Waals surface area contributed by atoms with E-state index in [1.807, 2.05) is 0 Å². The summed E-state index contributed by atoms with van der Waals surface area (Å²) in [4.78, 5) is 11.8. The summed E-state index contributed by atoms with van der Waals surface area (Å²) in [5.74, 6) is 0.593. The second-order valence-corrected chi connectivity index (χ2v) is 6.48. The molecule has 2 aliphatic rings. The van der Waals surface area contributed by atoms with Gasteiger partial charge in [-0.2, -0.15) is 0 Å². The molecule has 0 aromatic carbocycles. The van der Waals surface area contributed by atoms with Crippen LogP contribution in [0.3, 0.4) is 0 Å². The summed E-state index contributed by atoms with van der Waals surface area (Å²) in [5.41, 5.74) is -0.628. The van der Waals surface area contributed by atoms with Crippen molar-refractivity contribution in [3.63, 3.8) is 0 Å². The quantitative estimate of drug-likeness (QED) is 0.699. The Morgan fingerprint density at radius 2 is 2.10 bits per heavy atom. The van der Waals surface area contributed by atoms with E-state index in [9.17, 15) is 9.90 Å². The molecule has 1 saturated heterocycles. The van der Waals surface area contributed by atoms with Crippen LogP contribution in [0.25, 0.3) is 0 Å². The highest BCUT2D eigenvalue weighted by molar-refractivity contribution is 5.78. The molecular weight excluding hydrogens is 256 g/mol. The molecule has 1 aliphatic carbocycles. The normalized spacial score (nSPS) is 32.0. The molecule has 1 aliphatic heterocycles. The molecule has 1 saturated carbocycles. The Morgan fingerprint density at radius 3 is 2.80 bits per heavy atom. The number of ether oxygens (including phenoxy) is 1. The Hall–Kier alpha value is -0.650. The lowest BCUT2D eigenvalue weighted by Crippen LogP contribution is -2.48. The highest BCUT2D eigenvalue weighted by Gasteiger charge is 2.32. The maximum absolute atomic E-state index is 11.8. The van der Waals surface area contributed by atoms with Crippen molar-refractivity contribution < 1.29 is 14.6 Å². The minimum absolute atomic E-state index is 0.0179. The summed E-state index contributed by atoms with van der Waals surface area (Å²) in [5, 5.41) is 16.6. The van der Waals surface area contributed by atoms with E-state index in [2.05, 4.69) is 17.6 Å². The van der Waals surface area contributed by atoms with Crippen LogP contribution in [0.15, 0.2) is 0 Å². The maximum atomic E-state index is 11.8. The molecule has 116 valence electrons. The van der Waals surface area contributed by atoms with Gasteiger partial charge in [0.15, 0.2) is 0 Å². The Labute approximate surface area is 121 Å². The van der Waals surface area contributed by atoms with E-state index in [-0.39, 0.29) is 18.5 Å². The summed E-state index contributed by atoms with van der Waals surface area (Å²) < 4.78 is 5.27. The Morgan fingerprint density at radius 1 is 1.35 bits per heavy atom. The van der Waals surface area contributed by atoms with E-state index in [0.29, 0.717) is 12.5 Å². The number of aliphatic hydroxyl groups is 1. The van der Waals surface area contributed by atoms with Crippen molar-refractivity contribution in [1.29, 1.82) is 0 Å². The molecule has 0 bridgehead atoms. The summed E-state index contributed by atoms with van der Waals surface area (Å²) in [7, 11) is 0. The molecule has 0 radical (unpaired) electrons. The number of rotatable bonds is 5. The largest absolute Gasteiger partial charge is 0.389 e. The fourth-order valence-electron chi connectivity index (χ4n) is 3.32. The van der Waals surface area contributed by atoms with Crippen molar-refractivity contribution in [3.05, 3.63) is 0 Å². The fourth-order valence-corrected chi connectivity index (χ4v) is 3.32. The van der Waals surface area contributed by atoms with Gasteiger partial charge in [0.25, 0.3) is 0 Å². The van der Waals surface area contributed by atoms with Gasteiger partial charge >= 0.3 is 0 Å². The van der Waals surface area contributed by atoms with E-state index >= 15 is 0 Å². The van der Waals surface area contributed by atoms with Crippen LogP contribution in [0.4, 0.5) is 0 Å². The third-order valence-electron chi connectivity index (χ3n) is 4.39. The first-order chi connectivity index (χ1) is 9.57. The minimum atomic E-state index is -0.628. The van der Waals surface area contributed by atoms with Gasteiger partial charge in [0.2, 0.25) is 5.91 Å². The number of hydrogen-bond donors (Lipinski definition) is 3. The second-order valence-electron chi connectivity index (χ2n) is 6.48. The molecule has 2 atom stereocenters. The average molecular weight is 284 g/mol. The topological polar surface area (TPSA) is 70.6 Å². The Balaban J connectivity index is 1.63. The van der Waals surface area contributed by atoms with Crippen LogP contribution in [0.2, 0.25) is 0 Å². The van der Waals surface area contributed by atoms with Crippen LogP contribution in [-0.2, 0) is 9.53 Å². The third-order valence-corrected chi connectivity index (χ3v) is 4.39. The molecule has 1 amide bonds. The van der Waals surface area contributed by atoms with Gasteiger partial charge in [-0.15, -0.1) is 0 Å². The predicted octanol–water partition coefficient (Wildman–Crippen LogP) is 0.812. The lowest BCUT2D eigenvalue weighted by atomic mass is 9.79. The van der Waals surface area contributed by atoms with Crippen LogP contribution in [-0.4, -0.2) is 49.0 Å². The average Bonchev–Trinajstić information content (AvgIpc) is 2.39. The van der Waals surface area contributed by atoms with Crippen LogP contribution in [0.5, 0.6) is 0 Å². The molecule has 3 N–H and O–H groups in total. The SMILES string of the molecule is CC1CCCC(O)(CNCC(=O)NC2CCOCC2)C1. The van der Waals surface area contributed by atoms with Crippen LogP contribution >= 0.6 is 0 Å². The summed E-state index contributed by atoms with van der Waals surface area (Å²) >= 11 is 0. The molecule has 1 heterocycles. The zero-order valence-corrected chi connectivity index (χ0v) is 12.5. The molecule has 2 unspecified atom stereocenters. The zero-order chi connectivity index (χ0) is 14.4. The van der Waals surface area contributed by atoms with Gasteiger partial charge in [-0.3, -0.25) is 4.79 Å². The number of hydrogen-bond acceptors (Lipinski definition) is 4. The highest BCUT2D eigenvalue weighted by atomic mass is 16.5. The number of nitrogens with one attached hydrogen (secondary N) is 2. The Kier molecular flexibility index (Phi) is 5.81. The molecule has 2 fully saturated rings.